The standard InChI is InChI=1S/C14H11N3O3S2/c15-22(19,20)10-6-7-11-12(8-10)21-14(16-11)17-13(18)9-4-2-1-3-5-9/h1-8H,(H2,15,19,20)(H,16,17,18). The molecule has 2 aromatic carbocycles. The maximum atomic E-state index is 12.1. The summed E-state index contributed by atoms with van der Waals surface area (Å²) in [7, 11) is -3.76. The number of carbonyl (C=O) groups excluding carboxylic acids is 1. The summed E-state index contributed by atoms with van der Waals surface area (Å²) in [5, 5.41) is 8.19. The van der Waals surface area contributed by atoms with E-state index in [0.29, 0.717) is 20.9 Å². The number of benzene rings is 2. The van der Waals surface area contributed by atoms with Gasteiger partial charge in [0.2, 0.25) is 10.0 Å². The molecule has 0 fully saturated rings. The Hall–Kier alpha value is -2.29. The molecule has 8 heteroatoms. The lowest BCUT2D eigenvalue weighted by Crippen LogP contribution is -2.11. The quantitative estimate of drug-likeness (QED) is 0.767. The molecule has 0 radical (unpaired) electrons. The van der Waals surface area contributed by atoms with Gasteiger partial charge in [0.1, 0.15) is 0 Å². The van der Waals surface area contributed by atoms with Crippen LogP contribution in [0.3, 0.4) is 0 Å². The maximum absolute atomic E-state index is 12.1. The van der Waals surface area contributed by atoms with Gasteiger partial charge in [-0.1, -0.05) is 29.5 Å². The average Bonchev–Trinajstić information content (AvgIpc) is 2.88. The molecule has 22 heavy (non-hydrogen) atoms. The normalized spacial score (nSPS) is 11.5. The molecule has 1 heterocycles. The number of aromatic nitrogens is 1. The van der Waals surface area contributed by atoms with E-state index in [4.69, 9.17) is 5.14 Å². The number of carbonyl (C=O) groups is 1. The second-order valence-electron chi connectivity index (χ2n) is 4.51. The zero-order valence-electron chi connectivity index (χ0n) is 11.2. The molecule has 0 atom stereocenters. The maximum Gasteiger partial charge on any atom is 0.257 e. The van der Waals surface area contributed by atoms with Crippen LogP contribution in [0.1, 0.15) is 10.4 Å². The van der Waals surface area contributed by atoms with Crippen molar-refractivity contribution in [2.45, 2.75) is 4.90 Å². The van der Waals surface area contributed by atoms with Crippen LogP contribution < -0.4 is 10.5 Å². The van der Waals surface area contributed by atoms with Crippen LogP contribution in [-0.2, 0) is 10.0 Å². The fraction of sp³-hybridized carbons (Fsp3) is 0. The van der Waals surface area contributed by atoms with E-state index in [-0.39, 0.29) is 10.8 Å². The number of sulfonamides is 1. The minimum Gasteiger partial charge on any atom is -0.298 e. The van der Waals surface area contributed by atoms with Gasteiger partial charge in [0.25, 0.3) is 5.91 Å². The first kappa shape index (κ1) is 14.6. The molecule has 0 aliphatic carbocycles. The van der Waals surface area contributed by atoms with Crippen molar-refractivity contribution in [1.29, 1.82) is 0 Å². The van der Waals surface area contributed by atoms with E-state index in [9.17, 15) is 13.2 Å². The number of rotatable bonds is 3. The van der Waals surface area contributed by atoms with Gasteiger partial charge < -0.3 is 0 Å². The lowest BCUT2D eigenvalue weighted by molar-refractivity contribution is 0.102. The highest BCUT2D eigenvalue weighted by Crippen LogP contribution is 2.28. The fourth-order valence-corrected chi connectivity index (χ4v) is 3.41. The molecule has 3 aromatic rings. The first-order valence-corrected chi connectivity index (χ1v) is 8.59. The highest BCUT2D eigenvalue weighted by molar-refractivity contribution is 7.89. The topological polar surface area (TPSA) is 102 Å². The number of nitrogens with two attached hydrogens (primary N) is 1. The number of amides is 1. The Morgan fingerprint density at radius 3 is 2.55 bits per heavy atom. The molecule has 0 saturated heterocycles. The summed E-state index contributed by atoms with van der Waals surface area (Å²) >= 11 is 1.19. The van der Waals surface area contributed by atoms with Gasteiger partial charge in [-0.05, 0) is 30.3 Å². The molecule has 0 aliphatic heterocycles. The molecule has 112 valence electrons. The van der Waals surface area contributed by atoms with Crippen molar-refractivity contribution in [2.75, 3.05) is 5.32 Å². The number of anilines is 1. The third-order valence-corrected chi connectivity index (χ3v) is 4.79. The van der Waals surface area contributed by atoms with E-state index in [1.165, 1.54) is 23.5 Å². The minimum absolute atomic E-state index is 0.0181. The predicted octanol–water partition coefficient (Wildman–Crippen LogP) is 2.20. The summed E-state index contributed by atoms with van der Waals surface area (Å²) in [4.78, 5) is 16.3. The molecule has 3 N–H and O–H groups in total. The molecular weight excluding hydrogens is 322 g/mol. The lowest BCUT2D eigenvalue weighted by Gasteiger charge is -2.00. The first-order valence-electron chi connectivity index (χ1n) is 6.23. The molecular formula is C14H11N3O3S2. The van der Waals surface area contributed by atoms with Crippen molar-refractivity contribution >= 4 is 42.6 Å². The van der Waals surface area contributed by atoms with Crippen molar-refractivity contribution in [3.63, 3.8) is 0 Å². The molecule has 1 aromatic heterocycles. The first-order chi connectivity index (χ1) is 10.4. The summed E-state index contributed by atoms with van der Waals surface area (Å²) < 4.78 is 23.3. The van der Waals surface area contributed by atoms with Gasteiger partial charge in [-0.3, -0.25) is 10.1 Å². The van der Waals surface area contributed by atoms with Crippen molar-refractivity contribution in [1.82, 2.24) is 4.98 Å². The van der Waals surface area contributed by atoms with E-state index in [0.717, 1.165) is 0 Å². The van der Waals surface area contributed by atoms with Crippen LogP contribution in [0.2, 0.25) is 0 Å². The van der Waals surface area contributed by atoms with Crippen molar-refractivity contribution in [3.8, 4) is 0 Å². The minimum atomic E-state index is -3.76. The van der Waals surface area contributed by atoms with Crippen molar-refractivity contribution in [3.05, 3.63) is 54.1 Å². The second kappa shape index (κ2) is 5.48. The highest BCUT2D eigenvalue weighted by atomic mass is 32.2. The summed E-state index contributed by atoms with van der Waals surface area (Å²) in [6.07, 6.45) is 0. The van der Waals surface area contributed by atoms with E-state index >= 15 is 0 Å². The SMILES string of the molecule is NS(=O)(=O)c1ccc2nc(NC(=O)c3ccccc3)sc2c1. The largest absolute Gasteiger partial charge is 0.298 e. The Morgan fingerprint density at radius 1 is 1.14 bits per heavy atom. The van der Waals surface area contributed by atoms with E-state index in [1.54, 1.807) is 30.3 Å². The van der Waals surface area contributed by atoms with Gasteiger partial charge in [-0.2, -0.15) is 0 Å². The molecule has 3 rings (SSSR count). The number of hydrogen-bond donors (Lipinski definition) is 2. The van der Waals surface area contributed by atoms with Crippen molar-refractivity contribution in [2.24, 2.45) is 5.14 Å². The number of primary sulfonamides is 1. The molecule has 1 amide bonds. The number of thiazole rings is 1. The van der Waals surface area contributed by atoms with Gasteiger partial charge in [0.15, 0.2) is 5.13 Å². The highest BCUT2D eigenvalue weighted by Gasteiger charge is 2.13. The van der Waals surface area contributed by atoms with Crippen molar-refractivity contribution < 1.29 is 13.2 Å². The zero-order chi connectivity index (χ0) is 15.7. The van der Waals surface area contributed by atoms with Gasteiger partial charge in [-0.15, -0.1) is 0 Å². The molecule has 6 nitrogen and oxygen atoms in total. The number of hydrogen-bond acceptors (Lipinski definition) is 5. The Bertz CT molecular complexity index is 950. The van der Waals surface area contributed by atoms with Crippen LogP contribution in [0.15, 0.2) is 53.4 Å². The monoisotopic (exact) mass is 333 g/mol. The van der Waals surface area contributed by atoms with Crippen LogP contribution in [0.4, 0.5) is 5.13 Å². The van der Waals surface area contributed by atoms with Gasteiger partial charge >= 0.3 is 0 Å². The smallest absolute Gasteiger partial charge is 0.257 e. The fourth-order valence-electron chi connectivity index (χ4n) is 1.89. The number of fused-ring (bicyclic) bond motifs is 1. The Labute approximate surface area is 130 Å². The molecule has 0 saturated carbocycles. The zero-order valence-corrected chi connectivity index (χ0v) is 12.8. The average molecular weight is 333 g/mol. The molecule has 0 aliphatic rings. The van der Waals surface area contributed by atoms with Crippen LogP contribution in [0, 0.1) is 0 Å². The van der Waals surface area contributed by atoms with Crippen LogP contribution in [-0.4, -0.2) is 19.3 Å². The summed E-state index contributed by atoms with van der Waals surface area (Å²) in [6.45, 7) is 0. The lowest BCUT2D eigenvalue weighted by atomic mass is 10.2. The summed E-state index contributed by atoms with van der Waals surface area (Å²) in [6, 6.07) is 13.1. The summed E-state index contributed by atoms with van der Waals surface area (Å²) in [5.41, 5.74) is 1.12. The van der Waals surface area contributed by atoms with Crippen LogP contribution in [0.25, 0.3) is 10.2 Å². The molecule has 0 bridgehead atoms. The Morgan fingerprint density at radius 2 is 1.86 bits per heavy atom. The van der Waals surface area contributed by atoms with E-state index < -0.39 is 10.0 Å². The van der Waals surface area contributed by atoms with E-state index in [2.05, 4.69) is 10.3 Å². The Balaban J connectivity index is 1.91. The second-order valence-corrected chi connectivity index (χ2v) is 7.11. The number of nitrogens with one attached hydrogen (secondary N) is 1. The molecule has 0 spiro atoms. The predicted molar refractivity (Wildman–Crippen MR) is 85.4 cm³/mol. The Kier molecular flexibility index (Phi) is 3.65. The van der Waals surface area contributed by atoms with Gasteiger partial charge in [0, 0.05) is 5.56 Å². The van der Waals surface area contributed by atoms with E-state index in [1.807, 2.05) is 6.07 Å². The third kappa shape index (κ3) is 2.98. The van der Waals surface area contributed by atoms with Crippen LogP contribution in [0.5, 0.6) is 0 Å². The number of nitrogens with zero attached hydrogens (tertiary/aromatic N) is 1. The van der Waals surface area contributed by atoms with Gasteiger partial charge in [0.05, 0.1) is 15.1 Å². The third-order valence-electron chi connectivity index (χ3n) is 2.94. The van der Waals surface area contributed by atoms with Crippen LogP contribution >= 0.6 is 11.3 Å². The summed E-state index contributed by atoms with van der Waals surface area (Å²) in [5.74, 6) is -0.272. The van der Waals surface area contributed by atoms with Gasteiger partial charge in [-0.25, -0.2) is 18.5 Å². The molecule has 0 unspecified atom stereocenters.